The maximum absolute atomic E-state index is 14.4. The van der Waals surface area contributed by atoms with Crippen LogP contribution in [0.5, 0.6) is 0 Å². The number of unbranched alkanes of at least 4 members (excludes halogenated alkanes) is 2. The fraction of sp³-hybridized carbons (Fsp3) is 0.714. The highest BCUT2D eigenvalue weighted by atomic mass is 19.1. The van der Waals surface area contributed by atoms with Gasteiger partial charge in [0.25, 0.3) is 0 Å². The summed E-state index contributed by atoms with van der Waals surface area (Å²) in [6.07, 6.45) is -1.26. The molecule has 3 N–H and O–H groups in total. The summed E-state index contributed by atoms with van der Waals surface area (Å²) >= 11 is 0. The molecule has 1 aromatic heterocycles. The average molecular weight is 356 g/mol. The Morgan fingerprint density at radius 1 is 1.60 bits per heavy atom. The number of aromatic nitrogens is 2. The van der Waals surface area contributed by atoms with E-state index in [-0.39, 0.29) is 0 Å². The minimum Gasteiger partial charge on any atom is -0.393 e. The van der Waals surface area contributed by atoms with Gasteiger partial charge in [0.1, 0.15) is 11.9 Å². The van der Waals surface area contributed by atoms with Gasteiger partial charge in [0.2, 0.25) is 5.72 Å². The highest BCUT2D eigenvalue weighted by Gasteiger charge is 2.56. The molecule has 4 atom stereocenters. The summed E-state index contributed by atoms with van der Waals surface area (Å²) in [6.45, 7) is 1.79. The summed E-state index contributed by atoms with van der Waals surface area (Å²) in [5.41, 5.74) is 5.56. The quantitative estimate of drug-likeness (QED) is 0.275. The van der Waals surface area contributed by atoms with Gasteiger partial charge in [-0.05, 0) is 18.0 Å². The van der Waals surface area contributed by atoms with Crippen molar-refractivity contribution in [1.29, 1.82) is 0 Å². The topological polar surface area (TPSA) is 145 Å². The first-order valence-electron chi connectivity index (χ1n) is 7.99. The monoisotopic (exact) mass is 356 g/mol. The van der Waals surface area contributed by atoms with Crippen molar-refractivity contribution in [2.24, 2.45) is 5.11 Å². The predicted molar refractivity (Wildman–Crippen MR) is 86.5 cm³/mol. The molecule has 0 radical (unpaired) electrons. The van der Waals surface area contributed by atoms with Gasteiger partial charge >= 0.3 is 5.69 Å². The number of anilines is 1. The summed E-state index contributed by atoms with van der Waals surface area (Å²) in [4.78, 5) is 18.4. The van der Waals surface area contributed by atoms with Crippen LogP contribution in [0.1, 0.15) is 32.4 Å². The van der Waals surface area contributed by atoms with Gasteiger partial charge < -0.3 is 20.3 Å². The normalized spacial score (nSPS) is 28.6. The molecule has 11 heteroatoms. The van der Waals surface area contributed by atoms with E-state index in [4.69, 9.17) is 10.3 Å². The van der Waals surface area contributed by atoms with E-state index in [0.29, 0.717) is 12.4 Å². The number of ether oxygens (including phenoxy) is 1. The van der Waals surface area contributed by atoms with Crippen molar-refractivity contribution in [2.75, 3.05) is 18.5 Å². The van der Waals surface area contributed by atoms with E-state index < -0.39 is 36.5 Å². The van der Waals surface area contributed by atoms with Crippen LogP contribution in [-0.4, -0.2) is 50.9 Å². The van der Waals surface area contributed by atoms with Crippen molar-refractivity contribution < 1.29 is 19.3 Å². The number of nitrogens with zero attached hydrogens (tertiary/aromatic N) is 5. The zero-order valence-corrected chi connectivity index (χ0v) is 13.7. The molecule has 0 aliphatic carbocycles. The van der Waals surface area contributed by atoms with Crippen LogP contribution in [0.2, 0.25) is 0 Å². The Hall–Kier alpha value is -2.20. The van der Waals surface area contributed by atoms with E-state index in [2.05, 4.69) is 27.3 Å². The number of nitrogens with one attached hydrogen (secondary N) is 1. The Kier molecular flexibility index (Phi) is 6.32. The number of azide groups is 1. The van der Waals surface area contributed by atoms with Gasteiger partial charge in [-0.2, -0.15) is 4.98 Å². The number of alkyl halides is 1. The molecular formula is C14H21FN6O4. The molecule has 1 unspecified atom stereocenters. The Morgan fingerprint density at radius 3 is 2.96 bits per heavy atom. The minimum atomic E-state index is -2.19. The van der Waals surface area contributed by atoms with E-state index in [0.717, 1.165) is 23.8 Å². The molecule has 1 aromatic rings. The lowest BCUT2D eigenvalue weighted by atomic mass is 10.1. The van der Waals surface area contributed by atoms with Crippen molar-refractivity contribution in [3.63, 3.8) is 0 Å². The molecule has 0 aromatic carbocycles. The summed E-state index contributed by atoms with van der Waals surface area (Å²) in [7, 11) is 0. The maximum atomic E-state index is 14.4. The van der Waals surface area contributed by atoms with Crippen LogP contribution < -0.4 is 11.0 Å². The molecule has 2 rings (SSSR count). The second-order valence-corrected chi connectivity index (χ2v) is 5.73. The van der Waals surface area contributed by atoms with E-state index in [1.165, 1.54) is 12.3 Å². The summed E-state index contributed by atoms with van der Waals surface area (Å²) < 4.78 is 20.4. The number of aliphatic hydroxyl groups is 2. The molecule has 2 heterocycles. The van der Waals surface area contributed by atoms with Crippen LogP contribution in [0, 0.1) is 0 Å². The lowest BCUT2D eigenvalue weighted by molar-refractivity contribution is -0.124. The standard InChI is InChI=1S/C14H21FN6O4/c1-2-3-4-6-17-9-5-7-21(13(24)18-9)12-10(15)11(23)14(8-22,25-12)19-20-16/h5,7,10-12,22-23H,2-4,6,8H2,1H3,(H,17,18,24)/t10-,11?,12+,14+/m0/s1. The first-order valence-corrected chi connectivity index (χ1v) is 7.99. The van der Waals surface area contributed by atoms with Crippen molar-refractivity contribution in [3.05, 3.63) is 33.2 Å². The molecule has 25 heavy (non-hydrogen) atoms. The number of aliphatic hydroxyl groups excluding tert-OH is 2. The first kappa shape index (κ1) is 19.1. The molecule has 1 fully saturated rings. The average Bonchev–Trinajstić information content (AvgIpc) is 2.85. The second kappa shape index (κ2) is 8.26. The smallest absolute Gasteiger partial charge is 0.351 e. The zero-order chi connectivity index (χ0) is 18.4. The SMILES string of the molecule is CCCCCNc1ccn([C@@H]2O[C@@](CO)(N=[N+]=[N-])C(O)[C@@H]2F)c(=O)n1. The summed E-state index contributed by atoms with van der Waals surface area (Å²) in [5, 5.41) is 25.4. The molecular weight excluding hydrogens is 335 g/mol. The number of rotatable bonds is 8. The van der Waals surface area contributed by atoms with E-state index >= 15 is 0 Å². The number of halogens is 1. The molecule has 1 aliphatic heterocycles. The van der Waals surface area contributed by atoms with Crippen molar-refractivity contribution in [3.8, 4) is 0 Å². The predicted octanol–water partition coefficient (Wildman–Crippen LogP) is 1.07. The third-order valence-corrected chi connectivity index (χ3v) is 3.99. The van der Waals surface area contributed by atoms with Crippen LogP contribution in [0.4, 0.5) is 10.2 Å². The third kappa shape index (κ3) is 3.90. The summed E-state index contributed by atoms with van der Waals surface area (Å²) in [5.74, 6) is 0.342. The van der Waals surface area contributed by atoms with Gasteiger partial charge in [-0.15, -0.1) is 0 Å². The Bertz CT molecular complexity index is 694. The highest BCUT2D eigenvalue weighted by Crippen LogP contribution is 2.39. The zero-order valence-electron chi connectivity index (χ0n) is 13.7. The minimum absolute atomic E-state index is 0.342. The van der Waals surface area contributed by atoms with Crippen LogP contribution >= 0.6 is 0 Å². The molecule has 0 spiro atoms. The van der Waals surface area contributed by atoms with Gasteiger partial charge in [0.05, 0.1) is 6.61 Å². The van der Waals surface area contributed by atoms with Gasteiger partial charge in [-0.25, -0.2) is 9.18 Å². The molecule has 10 nitrogen and oxygen atoms in total. The van der Waals surface area contributed by atoms with Gasteiger partial charge in [0, 0.05) is 17.7 Å². The molecule has 1 aliphatic rings. The van der Waals surface area contributed by atoms with Crippen molar-refractivity contribution >= 4 is 5.82 Å². The second-order valence-electron chi connectivity index (χ2n) is 5.73. The van der Waals surface area contributed by atoms with Gasteiger partial charge in [-0.3, -0.25) is 4.57 Å². The fourth-order valence-electron chi connectivity index (χ4n) is 2.58. The third-order valence-electron chi connectivity index (χ3n) is 3.99. The van der Waals surface area contributed by atoms with Gasteiger partial charge in [-0.1, -0.05) is 24.9 Å². The van der Waals surface area contributed by atoms with E-state index in [9.17, 15) is 19.4 Å². The molecule has 138 valence electrons. The van der Waals surface area contributed by atoms with E-state index in [1.54, 1.807) is 0 Å². The molecule has 0 amide bonds. The Morgan fingerprint density at radius 2 is 2.36 bits per heavy atom. The lowest BCUT2D eigenvalue weighted by Crippen LogP contribution is -2.43. The van der Waals surface area contributed by atoms with Crippen LogP contribution in [-0.2, 0) is 4.74 Å². The fourth-order valence-corrected chi connectivity index (χ4v) is 2.58. The Balaban J connectivity index is 2.18. The van der Waals surface area contributed by atoms with Crippen LogP contribution in [0.25, 0.3) is 10.4 Å². The molecule has 1 saturated heterocycles. The van der Waals surface area contributed by atoms with Crippen molar-refractivity contribution in [1.82, 2.24) is 9.55 Å². The highest BCUT2D eigenvalue weighted by molar-refractivity contribution is 5.31. The Labute approximate surface area is 142 Å². The van der Waals surface area contributed by atoms with Crippen LogP contribution in [0.3, 0.4) is 0 Å². The van der Waals surface area contributed by atoms with E-state index in [1.807, 2.05) is 0 Å². The number of hydrogen-bond acceptors (Lipinski definition) is 7. The number of hydrogen-bond donors (Lipinski definition) is 3. The summed E-state index contributed by atoms with van der Waals surface area (Å²) in [6, 6.07) is 1.47. The lowest BCUT2D eigenvalue weighted by Gasteiger charge is -2.23. The van der Waals surface area contributed by atoms with Crippen molar-refractivity contribution in [2.45, 2.75) is 50.4 Å². The maximum Gasteiger partial charge on any atom is 0.351 e. The molecule has 0 bridgehead atoms. The van der Waals surface area contributed by atoms with Crippen LogP contribution in [0.15, 0.2) is 22.2 Å². The first-order chi connectivity index (χ1) is 12.0. The largest absolute Gasteiger partial charge is 0.393 e. The molecule has 0 saturated carbocycles. The van der Waals surface area contributed by atoms with Gasteiger partial charge in [0.15, 0.2) is 12.4 Å².